The van der Waals surface area contributed by atoms with E-state index >= 15 is 0 Å². The van der Waals surface area contributed by atoms with E-state index in [1.807, 2.05) is 6.92 Å². The predicted octanol–water partition coefficient (Wildman–Crippen LogP) is 1.50. The van der Waals surface area contributed by atoms with Crippen LogP contribution in [0.3, 0.4) is 0 Å². The van der Waals surface area contributed by atoms with Gasteiger partial charge in [0, 0.05) is 32.2 Å². The van der Waals surface area contributed by atoms with Gasteiger partial charge in [-0.1, -0.05) is 0 Å². The Balaban J connectivity index is 0.00000220. The first-order chi connectivity index (χ1) is 9.35. The number of hydrogen-bond donors (Lipinski definition) is 1. The molecule has 0 bridgehead atoms. The third kappa shape index (κ3) is 5.64. The maximum Gasteiger partial charge on any atom is 0.401 e. The third-order valence-electron chi connectivity index (χ3n) is 3.94. The van der Waals surface area contributed by atoms with Crippen molar-refractivity contribution in [2.75, 3.05) is 39.3 Å². The summed E-state index contributed by atoms with van der Waals surface area (Å²) in [5, 5.41) is 3.26. The summed E-state index contributed by atoms with van der Waals surface area (Å²) in [5.41, 5.74) is 0. The van der Waals surface area contributed by atoms with Gasteiger partial charge >= 0.3 is 6.18 Å². The zero-order chi connectivity index (χ0) is 14.8. The number of nitrogens with one attached hydrogen (secondary N) is 1. The van der Waals surface area contributed by atoms with E-state index in [4.69, 9.17) is 0 Å². The van der Waals surface area contributed by atoms with Crippen LogP contribution in [0, 0.1) is 5.92 Å². The number of piperazine rings is 1. The van der Waals surface area contributed by atoms with Crippen molar-refractivity contribution in [2.45, 2.75) is 32.0 Å². The highest BCUT2D eigenvalue weighted by Crippen LogP contribution is 2.23. The molecular weight excluding hydrogens is 307 g/mol. The molecule has 21 heavy (non-hydrogen) atoms. The SMILES string of the molecule is C[C@@H]1CN(C(=O)C2CCCN(CC(F)(F)F)C2)CCN1.Cl. The van der Waals surface area contributed by atoms with Crippen molar-refractivity contribution < 1.29 is 18.0 Å². The van der Waals surface area contributed by atoms with Gasteiger partial charge in [0.25, 0.3) is 0 Å². The molecule has 0 saturated carbocycles. The fourth-order valence-electron chi connectivity index (χ4n) is 3.04. The first-order valence-electron chi connectivity index (χ1n) is 7.16. The van der Waals surface area contributed by atoms with Gasteiger partial charge in [-0.05, 0) is 26.3 Å². The van der Waals surface area contributed by atoms with E-state index in [0.29, 0.717) is 32.5 Å². The van der Waals surface area contributed by atoms with E-state index in [-0.39, 0.29) is 36.8 Å². The molecular formula is C13H23ClF3N3O. The highest BCUT2D eigenvalue weighted by atomic mass is 35.5. The molecule has 1 N–H and O–H groups in total. The number of carbonyl (C=O) groups is 1. The second-order valence-corrected chi connectivity index (χ2v) is 5.83. The number of piperidine rings is 1. The lowest BCUT2D eigenvalue weighted by atomic mass is 9.96. The number of likely N-dealkylation sites (tertiary alicyclic amines) is 1. The van der Waals surface area contributed by atoms with Gasteiger partial charge in [-0.3, -0.25) is 9.69 Å². The van der Waals surface area contributed by atoms with Gasteiger partial charge < -0.3 is 10.2 Å². The third-order valence-corrected chi connectivity index (χ3v) is 3.94. The van der Waals surface area contributed by atoms with Crippen molar-refractivity contribution in [3.05, 3.63) is 0 Å². The largest absolute Gasteiger partial charge is 0.401 e. The topological polar surface area (TPSA) is 35.6 Å². The maximum absolute atomic E-state index is 12.4. The van der Waals surface area contributed by atoms with Crippen LogP contribution in [0.2, 0.25) is 0 Å². The molecule has 1 amide bonds. The van der Waals surface area contributed by atoms with Crippen molar-refractivity contribution in [3.63, 3.8) is 0 Å². The Hall–Kier alpha value is -0.530. The number of amides is 1. The molecule has 2 atom stereocenters. The fraction of sp³-hybridized carbons (Fsp3) is 0.923. The number of alkyl halides is 3. The van der Waals surface area contributed by atoms with Crippen LogP contribution in [0.5, 0.6) is 0 Å². The minimum absolute atomic E-state index is 0. The van der Waals surface area contributed by atoms with Gasteiger partial charge in [-0.25, -0.2) is 0 Å². The summed E-state index contributed by atoms with van der Waals surface area (Å²) in [7, 11) is 0. The van der Waals surface area contributed by atoms with Crippen LogP contribution in [-0.2, 0) is 4.79 Å². The van der Waals surface area contributed by atoms with Crippen LogP contribution in [0.4, 0.5) is 13.2 Å². The Kier molecular flexibility index (Phi) is 6.74. The van der Waals surface area contributed by atoms with Crippen molar-refractivity contribution in [1.82, 2.24) is 15.1 Å². The molecule has 2 heterocycles. The molecule has 1 unspecified atom stereocenters. The van der Waals surface area contributed by atoms with Crippen LogP contribution >= 0.6 is 12.4 Å². The smallest absolute Gasteiger partial charge is 0.340 e. The summed E-state index contributed by atoms with van der Waals surface area (Å²) in [5.74, 6) is -0.262. The molecule has 0 aromatic carbocycles. The molecule has 2 aliphatic rings. The average molecular weight is 330 g/mol. The first kappa shape index (κ1) is 18.5. The zero-order valence-electron chi connectivity index (χ0n) is 12.2. The van der Waals surface area contributed by atoms with Crippen molar-refractivity contribution in [2.24, 2.45) is 5.92 Å². The lowest BCUT2D eigenvalue weighted by molar-refractivity contribution is -0.154. The minimum Gasteiger partial charge on any atom is -0.340 e. The fourth-order valence-corrected chi connectivity index (χ4v) is 3.04. The highest BCUT2D eigenvalue weighted by Gasteiger charge is 2.36. The Morgan fingerprint density at radius 1 is 1.29 bits per heavy atom. The Morgan fingerprint density at radius 3 is 2.62 bits per heavy atom. The van der Waals surface area contributed by atoms with Crippen LogP contribution in [0.25, 0.3) is 0 Å². The Labute approximate surface area is 129 Å². The monoisotopic (exact) mass is 329 g/mol. The van der Waals surface area contributed by atoms with Crippen molar-refractivity contribution in [3.8, 4) is 0 Å². The van der Waals surface area contributed by atoms with Crippen LogP contribution in [0.15, 0.2) is 0 Å². The quantitative estimate of drug-likeness (QED) is 0.834. The molecule has 2 aliphatic heterocycles. The summed E-state index contributed by atoms with van der Waals surface area (Å²) < 4.78 is 37.3. The van der Waals surface area contributed by atoms with Gasteiger partial charge in [0.05, 0.1) is 12.5 Å². The average Bonchev–Trinajstić information content (AvgIpc) is 2.36. The molecule has 124 valence electrons. The molecule has 0 aromatic heterocycles. The number of rotatable bonds is 2. The van der Waals surface area contributed by atoms with Crippen LogP contribution in [0.1, 0.15) is 19.8 Å². The van der Waals surface area contributed by atoms with Crippen molar-refractivity contribution in [1.29, 1.82) is 0 Å². The number of halogens is 4. The summed E-state index contributed by atoms with van der Waals surface area (Å²) in [6, 6.07) is 0.252. The second-order valence-electron chi connectivity index (χ2n) is 5.83. The second kappa shape index (κ2) is 7.65. The van der Waals surface area contributed by atoms with Gasteiger partial charge in [0.1, 0.15) is 0 Å². The van der Waals surface area contributed by atoms with E-state index in [9.17, 15) is 18.0 Å². The molecule has 0 radical (unpaired) electrons. The lowest BCUT2D eigenvalue weighted by Crippen LogP contribution is -2.54. The minimum atomic E-state index is -4.19. The van der Waals surface area contributed by atoms with E-state index < -0.39 is 12.7 Å². The normalized spacial score (nSPS) is 28.1. The summed E-state index contributed by atoms with van der Waals surface area (Å²) in [6.45, 7) is 3.82. The highest BCUT2D eigenvalue weighted by molar-refractivity contribution is 5.85. The van der Waals surface area contributed by atoms with Crippen molar-refractivity contribution >= 4 is 18.3 Å². The zero-order valence-corrected chi connectivity index (χ0v) is 13.0. The number of hydrogen-bond acceptors (Lipinski definition) is 3. The number of carbonyl (C=O) groups excluding carboxylic acids is 1. The molecule has 8 heteroatoms. The molecule has 0 aromatic rings. The molecule has 0 spiro atoms. The Bertz CT molecular complexity index is 354. The molecule has 2 fully saturated rings. The van der Waals surface area contributed by atoms with E-state index in [0.717, 1.165) is 6.54 Å². The van der Waals surface area contributed by atoms with Crippen LogP contribution < -0.4 is 5.32 Å². The first-order valence-corrected chi connectivity index (χ1v) is 7.16. The molecule has 0 aliphatic carbocycles. The molecule has 2 saturated heterocycles. The van der Waals surface area contributed by atoms with Gasteiger partial charge in [-0.15, -0.1) is 12.4 Å². The van der Waals surface area contributed by atoms with E-state index in [1.165, 1.54) is 4.90 Å². The lowest BCUT2D eigenvalue weighted by Gasteiger charge is -2.38. The number of nitrogens with zero attached hydrogens (tertiary/aromatic N) is 2. The summed E-state index contributed by atoms with van der Waals surface area (Å²) in [6.07, 6.45) is -2.83. The summed E-state index contributed by atoms with van der Waals surface area (Å²) >= 11 is 0. The predicted molar refractivity (Wildman–Crippen MR) is 76.5 cm³/mol. The van der Waals surface area contributed by atoms with Gasteiger partial charge in [-0.2, -0.15) is 13.2 Å². The van der Waals surface area contributed by atoms with E-state index in [2.05, 4.69) is 5.32 Å². The van der Waals surface area contributed by atoms with E-state index in [1.54, 1.807) is 4.90 Å². The Morgan fingerprint density at radius 2 is 2.00 bits per heavy atom. The summed E-state index contributed by atoms with van der Waals surface area (Å²) in [4.78, 5) is 15.6. The van der Waals surface area contributed by atoms with Gasteiger partial charge in [0.2, 0.25) is 5.91 Å². The molecule has 2 rings (SSSR count). The van der Waals surface area contributed by atoms with Gasteiger partial charge in [0.15, 0.2) is 0 Å². The van der Waals surface area contributed by atoms with Crippen LogP contribution in [-0.4, -0.2) is 67.2 Å². The maximum atomic E-state index is 12.4. The molecule has 4 nitrogen and oxygen atoms in total. The standard InChI is InChI=1S/C13H22F3N3O.ClH/c1-10-7-19(6-4-17-10)12(20)11-3-2-5-18(8-11)9-13(14,15)16;/h10-11,17H,2-9H2,1H3;1H/t10-,11?;/m1./s1.